The molecule has 1 unspecified atom stereocenters. The van der Waals surface area contributed by atoms with Gasteiger partial charge in [0.25, 0.3) is 0 Å². The fraction of sp³-hybridized carbons (Fsp3) is 0.562. The van der Waals surface area contributed by atoms with Crippen LogP contribution in [0.4, 0.5) is 5.69 Å². The number of anilines is 1. The van der Waals surface area contributed by atoms with Crippen LogP contribution in [0.1, 0.15) is 13.3 Å². The molecule has 0 amide bonds. The predicted molar refractivity (Wildman–Crippen MR) is 90.3 cm³/mol. The Balaban J connectivity index is 2.03. The van der Waals surface area contributed by atoms with Gasteiger partial charge in [-0.25, -0.2) is 0 Å². The molecule has 0 aromatic heterocycles. The summed E-state index contributed by atoms with van der Waals surface area (Å²) in [6, 6.07) is 6.37. The lowest BCUT2D eigenvalue weighted by Crippen LogP contribution is -2.44. The van der Waals surface area contributed by atoms with E-state index in [1.165, 1.54) is 0 Å². The van der Waals surface area contributed by atoms with E-state index in [1.807, 2.05) is 18.2 Å². The zero-order valence-corrected chi connectivity index (χ0v) is 13.8. The Morgan fingerprint density at radius 2 is 1.95 bits per heavy atom. The highest BCUT2D eigenvalue weighted by Crippen LogP contribution is 2.30. The molecule has 2 N–H and O–H groups in total. The van der Waals surface area contributed by atoms with Gasteiger partial charge in [-0.3, -0.25) is 4.99 Å². The van der Waals surface area contributed by atoms with Crippen molar-refractivity contribution in [1.82, 2.24) is 10.6 Å². The minimum absolute atomic E-state index is 0.384. The minimum Gasteiger partial charge on any atom is -0.497 e. The Morgan fingerprint density at radius 3 is 2.50 bits per heavy atom. The molecule has 0 saturated carbocycles. The van der Waals surface area contributed by atoms with Gasteiger partial charge in [-0.2, -0.15) is 0 Å². The van der Waals surface area contributed by atoms with Gasteiger partial charge < -0.3 is 25.0 Å². The molecular formula is C16H26N4O2. The number of hydrogen-bond acceptors (Lipinski definition) is 4. The van der Waals surface area contributed by atoms with Gasteiger partial charge in [0, 0.05) is 56.6 Å². The van der Waals surface area contributed by atoms with Crippen LogP contribution < -0.4 is 25.0 Å². The first kappa shape index (κ1) is 16.3. The normalized spacial score (nSPS) is 18.3. The smallest absolute Gasteiger partial charge is 0.191 e. The zero-order chi connectivity index (χ0) is 15.9. The van der Waals surface area contributed by atoms with E-state index in [0.29, 0.717) is 6.04 Å². The molecule has 0 spiro atoms. The van der Waals surface area contributed by atoms with E-state index in [2.05, 4.69) is 27.4 Å². The monoisotopic (exact) mass is 306 g/mol. The molecule has 0 radical (unpaired) electrons. The fourth-order valence-corrected chi connectivity index (χ4v) is 2.64. The van der Waals surface area contributed by atoms with Crippen LogP contribution in [-0.2, 0) is 0 Å². The van der Waals surface area contributed by atoms with Crippen LogP contribution in [0.5, 0.6) is 11.5 Å². The van der Waals surface area contributed by atoms with E-state index in [-0.39, 0.29) is 0 Å². The molecule has 1 fully saturated rings. The molecule has 6 heteroatoms. The van der Waals surface area contributed by atoms with Gasteiger partial charge in [0.2, 0.25) is 0 Å². The lowest BCUT2D eigenvalue weighted by molar-refractivity contribution is 0.394. The lowest BCUT2D eigenvalue weighted by Gasteiger charge is -2.21. The summed E-state index contributed by atoms with van der Waals surface area (Å²) in [5.41, 5.74) is 1.12. The predicted octanol–water partition coefficient (Wildman–Crippen LogP) is 1.47. The van der Waals surface area contributed by atoms with Crippen molar-refractivity contribution < 1.29 is 9.47 Å². The summed E-state index contributed by atoms with van der Waals surface area (Å²) in [6.07, 6.45) is 1.07. The molecule has 122 valence electrons. The highest BCUT2D eigenvalue weighted by atomic mass is 16.5. The van der Waals surface area contributed by atoms with E-state index in [4.69, 9.17) is 9.47 Å². The highest BCUT2D eigenvalue weighted by Gasteiger charge is 2.24. The minimum atomic E-state index is 0.384. The summed E-state index contributed by atoms with van der Waals surface area (Å²) in [4.78, 5) is 6.56. The summed E-state index contributed by atoms with van der Waals surface area (Å²) in [7, 11) is 5.14. The average molecular weight is 306 g/mol. The second-order valence-corrected chi connectivity index (χ2v) is 5.25. The lowest BCUT2D eigenvalue weighted by atomic mass is 10.2. The standard InChI is InChI=1S/C16H26N4O2/c1-5-18-16(17-2)19-12-6-7-20(11-12)13-8-14(21-3)10-15(9-13)22-4/h8-10,12H,5-7,11H2,1-4H3,(H2,17,18,19). The number of rotatable bonds is 5. The SMILES string of the molecule is CCNC(=NC)NC1CCN(c2cc(OC)cc(OC)c2)C1. The molecular weight excluding hydrogens is 280 g/mol. The third kappa shape index (κ3) is 3.96. The number of nitrogens with one attached hydrogen (secondary N) is 2. The Bertz CT molecular complexity index is 497. The van der Waals surface area contributed by atoms with Gasteiger partial charge in [-0.05, 0) is 13.3 Å². The van der Waals surface area contributed by atoms with Gasteiger partial charge in [-0.1, -0.05) is 0 Å². The number of guanidine groups is 1. The summed E-state index contributed by atoms with van der Waals surface area (Å²) in [6.45, 7) is 4.86. The van der Waals surface area contributed by atoms with Crippen molar-refractivity contribution in [3.8, 4) is 11.5 Å². The number of aliphatic imine (C=N–C) groups is 1. The Hall–Kier alpha value is -2.11. The van der Waals surface area contributed by atoms with Crippen molar-refractivity contribution >= 4 is 11.6 Å². The topological polar surface area (TPSA) is 58.1 Å². The Kier molecular flexibility index (Phi) is 5.75. The molecule has 2 rings (SSSR count). The molecule has 1 aliphatic rings. The number of methoxy groups -OCH3 is 2. The first-order valence-corrected chi connectivity index (χ1v) is 7.65. The van der Waals surface area contributed by atoms with Crippen molar-refractivity contribution in [3.05, 3.63) is 18.2 Å². The molecule has 1 atom stereocenters. The number of ether oxygens (including phenoxy) is 2. The summed E-state index contributed by atoms with van der Waals surface area (Å²) in [5, 5.41) is 6.69. The van der Waals surface area contributed by atoms with E-state index in [0.717, 1.165) is 49.2 Å². The number of benzene rings is 1. The molecule has 1 heterocycles. The molecule has 22 heavy (non-hydrogen) atoms. The van der Waals surface area contributed by atoms with Gasteiger partial charge in [0.05, 0.1) is 14.2 Å². The van der Waals surface area contributed by atoms with E-state index >= 15 is 0 Å². The van der Waals surface area contributed by atoms with Gasteiger partial charge in [0.15, 0.2) is 5.96 Å². The van der Waals surface area contributed by atoms with Crippen LogP contribution in [-0.4, -0.2) is 52.9 Å². The van der Waals surface area contributed by atoms with Crippen molar-refractivity contribution in [2.45, 2.75) is 19.4 Å². The third-order valence-electron chi connectivity index (χ3n) is 3.80. The maximum absolute atomic E-state index is 5.35. The Morgan fingerprint density at radius 1 is 1.27 bits per heavy atom. The largest absolute Gasteiger partial charge is 0.497 e. The second-order valence-electron chi connectivity index (χ2n) is 5.25. The molecule has 1 aliphatic heterocycles. The van der Waals surface area contributed by atoms with E-state index in [1.54, 1.807) is 21.3 Å². The molecule has 1 aromatic rings. The van der Waals surface area contributed by atoms with Gasteiger partial charge in [-0.15, -0.1) is 0 Å². The van der Waals surface area contributed by atoms with Gasteiger partial charge in [0.1, 0.15) is 11.5 Å². The van der Waals surface area contributed by atoms with Gasteiger partial charge >= 0.3 is 0 Å². The van der Waals surface area contributed by atoms with Crippen molar-refractivity contribution in [1.29, 1.82) is 0 Å². The highest BCUT2D eigenvalue weighted by molar-refractivity contribution is 5.80. The number of nitrogens with zero attached hydrogens (tertiary/aromatic N) is 2. The maximum Gasteiger partial charge on any atom is 0.191 e. The van der Waals surface area contributed by atoms with E-state index in [9.17, 15) is 0 Å². The summed E-state index contributed by atoms with van der Waals surface area (Å²) < 4.78 is 10.7. The molecule has 0 aliphatic carbocycles. The quantitative estimate of drug-likeness (QED) is 0.637. The summed E-state index contributed by atoms with van der Waals surface area (Å²) in [5.74, 6) is 2.49. The van der Waals surface area contributed by atoms with Crippen LogP contribution >= 0.6 is 0 Å². The van der Waals surface area contributed by atoms with Crippen LogP contribution in [0.3, 0.4) is 0 Å². The zero-order valence-electron chi connectivity index (χ0n) is 13.8. The summed E-state index contributed by atoms with van der Waals surface area (Å²) >= 11 is 0. The molecule has 1 saturated heterocycles. The van der Waals surface area contributed by atoms with Crippen molar-refractivity contribution in [3.63, 3.8) is 0 Å². The Labute approximate surface area is 132 Å². The maximum atomic E-state index is 5.35. The molecule has 6 nitrogen and oxygen atoms in total. The van der Waals surface area contributed by atoms with Crippen LogP contribution in [0.25, 0.3) is 0 Å². The second kappa shape index (κ2) is 7.77. The van der Waals surface area contributed by atoms with Crippen LogP contribution in [0.2, 0.25) is 0 Å². The molecule has 0 bridgehead atoms. The van der Waals surface area contributed by atoms with Crippen molar-refractivity contribution in [2.24, 2.45) is 4.99 Å². The van der Waals surface area contributed by atoms with Crippen molar-refractivity contribution in [2.75, 3.05) is 45.8 Å². The van der Waals surface area contributed by atoms with Crippen LogP contribution in [0.15, 0.2) is 23.2 Å². The van der Waals surface area contributed by atoms with E-state index < -0.39 is 0 Å². The first-order valence-electron chi connectivity index (χ1n) is 7.65. The first-order chi connectivity index (χ1) is 10.7. The fourth-order valence-electron chi connectivity index (χ4n) is 2.64. The average Bonchev–Trinajstić information content (AvgIpc) is 3.02. The third-order valence-corrected chi connectivity index (χ3v) is 3.80. The van der Waals surface area contributed by atoms with Crippen LogP contribution in [0, 0.1) is 0 Å². The number of hydrogen-bond donors (Lipinski definition) is 2. The molecule has 1 aromatic carbocycles.